The van der Waals surface area contributed by atoms with Gasteiger partial charge in [-0.3, -0.25) is 4.79 Å². The maximum absolute atomic E-state index is 13.9. The van der Waals surface area contributed by atoms with Crippen LogP contribution in [-0.4, -0.2) is 69.1 Å². The minimum atomic E-state index is -4.17. The maximum atomic E-state index is 13.9. The summed E-state index contributed by atoms with van der Waals surface area (Å²) in [5.74, 6) is 4.27. The fourth-order valence-corrected chi connectivity index (χ4v) is 6.12. The van der Waals surface area contributed by atoms with Crippen molar-refractivity contribution in [2.75, 3.05) is 20.3 Å². The fourth-order valence-electron chi connectivity index (χ4n) is 4.52. The zero-order valence-electron chi connectivity index (χ0n) is 21.2. The molecular formula is C27H31NO8S. The minimum Gasteiger partial charge on any atom is -0.481 e. The molecule has 198 valence electrons. The van der Waals surface area contributed by atoms with Crippen LogP contribution in [0.2, 0.25) is 0 Å². The summed E-state index contributed by atoms with van der Waals surface area (Å²) < 4.78 is 57.7. The molecule has 2 unspecified atom stereocenters. The van der Waals surface area contributed by atoms with Crippen LogP contribution in [0.4, 0.5) is 0 Å². The lowest BCUT2D eigenvalue weighted by Gasteiger charge is -2.42. The van der Waals surface area contributed by atoms with Crippen molar-refractivity contribution in [3.05, 3.63) is 60.2 Å². The number of fused-ring (bicyclic) bond motifs is 1. The van der Waals surface area contributed by atoms with E-state index in [1.807, 2.05) is 30.3 Å². The van der Waals surface area contributed by atoms with Gasteiger partial charge in [-0.25, -0.2) is 8.42 Å². The Labute approximate surface area is 217 Å². The Bertz CT molecular complexity index is 1250. The van der Waals surface area contributed by atoms with Crippen molar-refractivity contribution in [1.82, 2.24) is 4.31 Å². The molecule has 0 N–H and O–H groups in total. The van der Waals surface area contributed by atoms with Gasteiger partial charge >= 0.3 is 5.97 Å². The van der Waals surface area contributed by atoms with Gasteiger partial charge in [-0.1, -0.05) is 36.3 Å². The molecule has 2 aromatic rings. The molecule has 37 heavy (non-hydrogen) atoms. The molecule has 2 heterocycles. The van der Waals surface area contributed by atoms with E-state index >= 15 is 0 Å². The summed E-state index contributed by atoms with van der Waals surface area (Å²) in [6.45, 7) is 5.42. The van der Waals surface area contributed by atoms with Gasteiger partial charge in [0.2, 0.25) is 10.0 Å². The zero-order valence-corrected chi connectivity index (χ0v) is 22.1. The molecule has 0 aromatic heterocycles. The third-order valence-corrected chi connectivity index (χ3v) is 8.03. The van der Waals surface area contributed by atoms with Crippen LogP contribution < -0.4 is 4.74 Å². The lowest BCUT2D eigenvalue weighted by molar-refractivity contribution is -0.173. The topological polar surface area (TPSA) is 101 Å². The van der Waals surface area contributed by atoms with E-state index in [9.17, 15) is 13.2 Å². The van der Waals surface area contributed by atoms with Gasteiger partial charge < -0.3 is 23.7 Å². The van der Waals surface area contributed by atoms with E-state index in [0.717, 1.165) is 9.87 Å². The van der Waals surface area contributed by atoms with Crippen LogP contribution in [0.15, 0.2) is 59.5 Å². The van der Waals surface area contributed by atoms with E-state index in [0.29, 0.717) is 5.75 Å². The molecule has 0 amide bonds. The quantitative estimate of drug-likeness (QED) is 0.380. The number of methoxy groups -OCH3 is 1. The van der Waals surface area contributed by atoms with E-state index in [-0.39, 0.29) is 24.7 Å². The van der Waals surface area contributed by atoms with Crippen molar-refractivity contribution in [2.45, 2.75) is 62.4 Å². The smallest absolute Gasteiger partial charge is 0.327 e. The second-order valence-electron chi connectivity index (χ2n) is 9.13. The summed E-state index contributed by atoms with van der Waals surface area (Å²) in [5, 5.41) is 0. The second kappa shape index (κ2) is 11.2. The Kier molecular flexibility index (Phi) is 8.21. The molecule has 2 saturated heterocycles. The average molecular weight is 530 g/mol. The molecule has 9 nitrogen and oxygen atoms in total. The second-order valence-corrected chi connectivity index (χ2v) is 11.0. The Balaban J connectivity index is 1.67. The first-order valence-corrected chi connectivity index (χ1v) is 13.3. The third-order valence-electron chi connectivity index (χ3n) is 6.17. The average Bonchev–Trinajstić information content (AvgIpc) is 3.21. The van der Waals surface area contributed by atoms with Crippen LogP contribution >= 0.6 is 0 Å². The molecule has 2 aliphatic heterocycles. The van der Waals surface area contributed by atoms with Crippen LogP contribution in [0.25, 0.3) is 0 Å². The highest BCUT2D eigenvalue weighted by atomic mass is 32.2. The number of rotatable bonds is 8. The van der Waals surface area contributed by atoms with Crippen molar-refractivity contribution in [1.29, 1.82) is 0 Å². The van der Waals surface area contributed by atoms with Crippen molar-refractivity contribution >= 4 is 16.0 Å². The lowest BCUT2D eigenvalue weighted by Crippen LogP contribution is -2.65. The van der Waals surface area contributed by atoms with Gasteiger partial charge in [-0.05, 0) is 50.6 Å². The fraction of sp³-hybridized carbons (Fsp3) is 0.444. The molecule has 2 fully saturated rings. The Morgan fingerprint density at radius 2 is 1.81 bits per heavy atom. The van der Waals surface area contributed by atoms with Crippen LogP contribution in [0, 0.1) is 11.8 Å². The van der Waals surface area contributed by atoms with Crippen molar-refractivity contribution in [2.24, 2.45) is 0 Å². The summed E-state index contributed by atoms with van der Waals surface area (Å²) in [7, 11) is -2.95. The third kappa shape index (κ3) is 5.98. The number of hydrogen-bond acceptors (Lipinski definition) is 8. The van der Waals surface area contributed by atoms with Crippen LogP contribution in [0.1, 0.15) is 26.3 Å². The summed E-state index contributed by atoms with van der Waals surface area (Å²) in [6, 6.07) is 14.1. The first-order chi connectivity index (χ1) is 17.7. The lowest BCUT2D eigenvalue weighted by atomic mass is 9.95. The summed E-state index contributed by atoms with van der Waals surface area (Å²) in [6.07, 6.45) is -2.30. The van der Waals surface area contributed by atoms with E-state index in [4.69, 9.17) is 23.7 Å². The number of sulfonamides is 1. The predicted molar refractivity (Wildman–Crippen MR) is 134 cm³/mol. The molecule has 0 saturated carbocycles. The molecule has 4 rings (SSSR count). The van der Waals surface area contributed by atoms with Crippen molar-refractivity contribution < 1.29 is 36.9 Å². The SMILES string of the molecule is CC#CCOc1ccc(S(=O)(=O)N2CC3OC(C)(C)OC3[C@@H](OCc3ccccc3)[C@@H]2C(=O)OC)cc1. The molecule has 0 spiro atoms. The van der Waals surface area contributed by atoms with Gasteiger partial charge in [0.05, 0.1) is 18.6 Å². The highest BCUT2D eigenvalue weighted by molar-refractivity contribution is 7.89. The minimum absolute atomic E-state index is 0.00577. The van der Waals surface area contributed by atoms with E-state index in [1.165, 1.54) is 19.2 Å². The van der Waals surface area contributed by atoms with E-state index in [2.05, 4.69) is 11.8 Å². The Morgan fingerprint density at radius 3 is 2.46 bits per heavy atom. The predicted octanol–water partition coefficient (Wildman–Crippen LogP) is 2.74. The number of carbonyl (C=O) groups excluding carboxylic acids is 1. The van der Waals surface area contributed by atoms with E-state index in [1.54, 1.807) is 32.9 Å². The van der Waals surface area contributed by atoms with Crippen molar-refractivity contribution in [3.63, 3.8) is 0 Å². The van der Waals surface area contributed by atoms with Crippen molar-refractivity contribution in [3.8, 4) is 17.6 Å². The monoisotopic (exact) mass is 529 g/mol. The zero-order chi connectivity index (χ0) is 26.6. The van der Waals surface area contributed by atoms with Gasteiger partial charge in [0.1, 0.15) is 30.7 Å². The normalized spacial score (nSPS) is 25.0. The summed E-state index contributed by atoms with van der Waals surface area (Å²) in [5.41, 5.74) is 0.865. The number of esters is 1. The molecule has 10 heteroatoms. The number of benzene rings is 2. The van der Waals surface area contributed by atoms with Crippen LogP contribution in [0.5, 0.6) is 5.75 Å². The number of piperidine rings is 1. The molecule has 0 bridgehead atoms. The Hall–Kier alpha value is -2.94. The Morgan fingerprint density at radius 1 is 1.11 bits per heavy atom. The standard InChI is InChI=1S/C27H31NO8S/c1-5-6-16-33-20-12-14-21(15-13-20)37(30,31)28-17-22-24(36-27(2,3)35-22)25(23(28)26(29)32-4)34-18-19-10-8-7-9-11-19/h7-15,22-25H,16-18H2,1-4H3/t22?,23-,24?,25+/m1/s1. The number of carbonyl (C=O) groups is 1. The highest BCUT2D eigenvalue weighted by Gasteiger charge is 2.58. The maximum Gasteiger partial charge on any atom is 0.327 e. The largest absolute Gasteiger partial charge is 0.481 e. The highest BCUT2D eigenvalue weighted by Crippen LogP contribution is 2.39. The van der Waals surface area contributed by atoms with Crippen LogP contribution in [0.3, 0.4) is 0 Å². The van der Waals surface area contributed by atoms with Gasteiger partial charge in [-0.15, -0.1) is 5.92 Å². The number of ether oxygens (including phenoxy) is 5. The summed E-state index contributed by atoms with van der Waals surface area (Å²) in [4.78, 5) is 13.1. The molecule has 2 aromatic carbocycles. The van der Waals surface area contributed by atoms with Crippen LogP contribution in [-0.2, 0) is 40.4 Å². The van der Waals surface area contributed by atoms with Gasteiger partial charge in [-0.2, -0.15) is 4.31 Å². The summed E-state index contributed by atoms with van der Waals surface area (Å²) >= 11 is 0. The molecule has 0 aliphatic carbocycles. The number of hydrogen-bond donors (Lipinski definition) is 0. The first kappa shape index (κ1) is 27.1. The van der Waals surface area contributed by atoms with Gasteiger partial charge in [0, 0.05) is 6.54 Å². The van der Waals surface area contributed by atoms with Gasteiger partial charge in [0.15, 0.2) is 11.8 Å². The molecule has 4 atom stereocenters. The van der Waals surface area contributed by atoms with Gasteiger partial charge in [0.25, 0.3) is 0 Å². The van der Waals surface area contributed by atoms with E-state index < -0.39 is 46.1 Å². The first-order valence-electron chi connectivity index (χ1n) is 11.9. The molecular weight excluding hydrogens is 498 g/mol. The number of nitrogens with zero attached hydrogens (tertiary/aromatic N) is 1. The molecule has 2 aliphatic rings. The molecule has 0 radical (unpaired) electrons.